The van der Waals surface area contributed by atoms with Gasteiger partial charge in [-0.2, -0.15) is 6.42 Å². The van der Waals surface area contributed by atoms with Gasteiger partial charge in [0.2, 0.25) is 0 Å². The molecule has 0 aromatic carbocycles. The number of nitrogens with zero attached hydrogens (tertiary/aromatic N) is 1. The molecule has 0 unspecified atom stereocenters. The molecule has 49 valence electrons. The van der Waals surface area contributed by atoms with Crippen LogP contribution >= 0.6 is 11.9 Å². The van der Waals surface area contributed by atoms with Crippen molar-refractivity contribution in [3.05, 3.63) is 6.42 Å². The van der Waals surface area contributed by atoms with Gasteiger partial charge in [0.15, 0.2) is 0 Å². The molecule has 3 heteroatoms. The maximum atomic E-state index is 2.35. The van der Waals surface area contributed by atoms with Crippen LogP contribution in [0.25, 0.3) is 0 Å². The van der Waals surface area contributed by atoms with Gasteiger partial charge in [-0.1, -0.05) is 11.9 Å². The minimum atomic E-state index is 0. The van der Waals surface area contributed by atoms with Gasteiger partial charge in [-0.25, -0.2) is 0 Å². The van der Waals surface area contributed by atoms with Crippen molar-refractivity contribution in [3.63, 3.8) is 0 Å². The van der Waals surface area contributed by atoms with Gasteiger partial charge in [-0.05, 0) is 12.8 Å². The second-order valence-electron chi connectivity index (χ2n) is 1.65. The van der Waals surface area contributed by atoms with Crippen LogP contribution in [0.2, 0.25) is 0 Å². The van der Waals surface area contributed by atoms with Crippen molar-refractivity contribution < 1.29 is 20.4 Å². The van der Waals surface area contributed by atoms with Gasteiger partial charge in [0.05, 0.1) is 0 Å². The first-order chi connectivity index (χ1) is 3.43. The molecule has 0 bridgehead atoms. The van der Waals surface area contributed by atoms with Crippen LogP contribution in [-0.4, -0.2) is 23.7 Å². The van der Waals surface area contributed by atoms with E-state index in [4.69, 9.17) is 0 Å². The number of hydrogen-bond donors (Lipinski definition) is 0. The van der Waals surface area contributed by atoms with E-state index in [1.807, 2.05) is 11.9 Å². The fraction of sp³-hybridized carbons (Fsp3) is 0.800. The molecule has 1 fully saturated rings. The van der Waals surface area contributed by atoms with E-state index in [2.05, 4.69) is 17.0 Å². The third kappa shape index (κ3) is 2.50. The molecule has 0 aromatic rings. The molecule has 1 nitrogen and oxygen atoms in total. The molecule has 1 saturated heterocycles. The van der Waals surface area contributed by atoms with Crippen molar-refractivity contribution in [3.8, 4) is 0 Å². The number of rotatable bonds is 1. The summed E-state index contributed by atoms with van der Waals surface area (Å²) >= 11 is 1.83. The maximum absolute atomic E-state index is 2.35. The first-order valence-corrected chi connectivity index (χ1v) is 3.72. The first kappa shape index (κ1) is 8.97. The maximum Gasteiger partial charge on any atom is 0 e. The van der Waals surface area contributed by atoms with E-state index in [0.717, 1.165) is 0 Å². The second-order valence-corrected chi connectivity index (χ2v) is 2.53. The Hall–Kier alpha value is 0.972. The molecule has 1 aliphatic rings. The largest absolute Gasteiger partial charge is 0.313 e. The van der Waals surface area contributed by atoms with Crippen LogP contribution in [0.3, 0.4) is 0 Å². The summed E-state index contributed by atoms with van der Waals surface area (Å²) in [6.07, 6.45) is 5.72. The summed E-state index contributed by atoms with van der Waals surface area (Å²) in [6, 6.07) is 0. The van der Waals surface area contributed by atoms with Crippen LogP contribution in [0.15, 0.2) is 0 Å². The summed E-state index contributed by atoms with van der Waals surface area (Å²) in [5.74, 6) is 0. The average Bonchev–Trinajstić information content (AvgIpc) is 2.14. The predicted molar refractivity (Wildman–Crippen MR) is 34.0 cm³/mol. The SMILES string of the molecule is CSN1C[CH-]CC1.[Re]. The van der Waals surface area contributed by atoms with Crippen LogP contribution in [0.4, 0.5) is 0 Å². The molecule has 0 atom stereocenters. The number of hydrogen-bond acceptors (Lipinski definition) is 2. The van der Waals surface area contributed by atoms with Crippen molar-refractivity contribution in [2.45, 2.75) is 6.42 Å². The van der Waals surface area contributed by atoms with E-state index < -0.39 is 0 Å². The molecular weight excluding hydrogens is 292 g/mol. The van der Waals surface area contributed by atoms with Crippen molar-refractivity contribution in [2.75, 3.05) is 19.3 Å². The third-order valence-corrected chi connectivity index (χ3v) is 2.02. The van der Waals surface area contributed by atoms with E-state index in [0.29, 0.717) is 0 Å². The fourth-order valence-corrected chi connectivity index (χ4v) is 1.27. The minimum Gasteiger partial charge on any atom is -0.313 e. The Morgan fingerprint density at radius 1 is 1.62 bits per heavy atom. The molecule has 0 N–H and O–H groups in total. The van der Waals surface area contributed by atoms with E-state index in [1.54, 1.807) is 0 Å². The molecule has 0 saturated carbocycles. The Balaban J connectivity index is 0.000000490. The molecule has 1 radical (unpaired) electrons. The zero-order valence-corrected chi connectivity index (χ0v) is 8.46. The van der Waals surface area contributed by atoms with E-state index in [9.17, 15) is 0 Å². The van der Waals surface area contributed by atoms with Gasteiger partial charge in [0.1, 0.15) is 0 Å². The summed E-state index contributed by atoms with van der Waals surface area (Å²) in [5, 5.41) is 0. The van der Waals surface area contributed by atoms with Gasteiger partial charge in [0.25, 0.3) is 0 Å². The summed E-state index contributed by atoms with van der Waals surface area (Å²) in [6.45, 7) is 2.43. The van der Waals surface area contributed by atoms with Crippen LogP contribution in [0, 0.1) is 6.42 Å². The van der Waals surface area contributed by atoms with Crippen LogP contribution in [0.5, 0.6) is 0 Å². The third-order valence-electron chi connectivity index (χ3n) is 1.17. The Bertz CT molecular complexity index is 54.4. The van der Waals surface area contributed by atoms with Crippen LogP contribution in [-0.2, 0) is 20.4 Å². The average molecular weight is 302 g/mol. The van der Waals surface area contributed by atoms with Gasteiger partial charge < -0.3 is 6.42 Å². The van der Waals surface area contributed by atoms with Gasteiger partial charge in [0, 0.05) is 20.4 Å². The van der Waals surface area contributed by atoms with Crippen LogP contribution < -0.4 is 0 Å². The Labute approximate surface area is 69.0 Å². The summed E-state index contributed by atoms with van der Waals surface area (Å²) < 4.78 is 2.35. The quantitative estimate of drug-likeness (QED) is 0.528. The topological polar surface area (TPSA) is 3.24 Å². The molecule has 0 spiro atoms. The van der Waals surface area contributed by atoms with Gasteiger partial charge in [-0.15, -0.1) is 6.54 Å². The Morgan fingerprint density at radius 3 is 2.62 bits per heavy atom. The van der Waals surface area contributed by atoms with Gasteiger partial charge >= 0.3 is 0 Å². The molecule has 1 heterocycles. The molecule has 0 aromatic heterocycles. The summed E-state index contributed by atoms with van der Waals surface area (Å²) in [7, 11) is 0. The standard InChI is InChI=1S/C5H10NS.Re/c1-7-6-4-2-3-5-6;/h2H,3-5H2,1H3;/q-1;. The molecule has 0 amide bonds. The van der Waals surface area contributed by atoms with Gasteiger partial charge in [-0.3, -0.25) is 4.31 Å². The molecule has 1 rings (SSSR count). The normalized spacial score (nSPS) is 20.6. The van der Waals surface area contributed by atoms with Crippen LogP contribution in [0.1, 0.15) is 6.42 Å². The Kier molecular flexibility index (Phi) is 5.40. The zero-order chi connectivity index (χ0) is 5.11. The molecule has 8 heavy (non-hydrogen) atoms. The van der Waals surface area contributed by atoms with E-state index in [1.165, 1.54) is 19.5 Å². The molecular formula is C5H10NReS-. The predicted octanol–water partition coefficient (Wildman–Crippen LogP) is 1.17. The second kappa shape index (κ2) is 4.81. The van der Waals surface area contributed by atoms with Crippen molar-refractivity contribution in [1.82, 2.24) is 4.31 Å². The molecule has 0 aliphatic carbocycles. The van der Waals surface area contributed by atoms with Crippen molar-refractivity contribution in [2.24, 2.45) is 0 Å². The zero-order valence-electron chi connectivity index (χ0n) is 4.93. The summed E-state index contributed by atoms with van der Waals surface area (Å²) in [5.41, 5.74) is 0. The van der Waals surface area contributed by atoms with E-state index in [-0.39, 0.29) is 20.4 Å². The fourth-order valence-electron chi connectivity index (χ4n) is 0.728. The minimum absolute atomic E-state index is 0. The Morgan fingerprint density at radius 2 is 2.38 bits per heavy atom. The smallest absolute Gasteiger partial charge is 0 e. The van der Waals surface area contributed by atoms with Crippen molar-refractivity contribution >= 4 is 11.9 Å². The molecule has 1 aliphatic heterocycles. The first-order valence-electron chi connectivity index (χ1n) is 2.54. The summed E-state index contributed by atoms with van der Waals surface area (Å²) in [4.78, 5) is 0. The van der Waals surface area contributed by atoms with E-state index >= 15 is 0 Å². The monoisotopic (exact) mass is 303 g/mol. The van der Waals surface area contributed by atoms with Crippen molar-refractivity contribution in [1.29, 1.82) is 0 Å².